The Kier molecular flexibility index (Phi) is 4.25. The monoisotopic (exact) mass is 325 g/mol. The molecule has 0 spiro atoms. The highest BCUT2D eigenvalue weighted by Gasteiger charge is 2.20. The van der Waals surface area contributed by atoms with Gasteiger partial charge in [-0.25, -0.2) is 0 Å². The Morgan fingerprint density at radius 2 is 1.67 bits per heavy atom. The topological polar surface area (TPSA) is 64.6 Å². The Morgan fingerprint density at radius 3 is 2.25 bits per heavy atom. The average Bonchev–Trinajstić information content (AvgIpc) is 3.01. The molecular formula is C19H19NO4. The number of carbonyl (C=O) groups excluding carboxylic acids is 2. The molecular weight excluding hydrogens is 306 g/mol. The van der Waals surface area contributed by atoms with Crippen molar-refractivity contribution in [2.24, 2.45) is 0 Å². The summed E-state index contributed by atoms with van der Waals surface area (Å²) < 4.78 is 10.6. The van der Waals surface area contributed by atoms with Gasteiger partial charge >= 0.3 is 0 Å². The molecule has 1 amide bonds. The first-order valence-electron chi connectivity index (χ1n) is 7.81. The number of anilines is 1. The van der Waals surface area contributed by atoms with Crippen molar-refractivity contribution in [2.75, 3.05) is 12.1 Å². The Bertz CT molecular complexity index is 794. The van der Waals surface area contributed by atoms with Gasteiger partial charge in [-0.1, -0.05) is 26.0 Å². The van der Waals surface area contributed by atoms with Crippen molar-refractivity contribution in [1.29, 1.82) is 0 Å². The molecule has 24 heavy (non-hydrogen) atoms. The maximum absolute atomic E-state index is 12.5. The summed E-state index contributed by atoms with van der Waals surface area (Å²) in [5.41, 5.74) is 2.52. The summed E-state index contributed by atoms with van der Waals surface area (Å²) >= 11 is 0. The van der Waals surface area contributed by atoms with Crippen LogP contribution in [0.2, 0.25) is 0 Å². The van der Waals surface area contributed by atoms with Gasteiger partial charge in [0.25, 0.3) is 5.91 Å². The molecule has 5 heteroatoms. The highest BCUT2D eigenvalue weighted by Crippen LogP contribution is 2.37. The maximum Gasteiger partial charge on any atom is 0.255 e. The van der Waals surface area contributed by atoms with Crippen molar-refractivity contribution in [3.05, 3.63) is 53.1 Å². The molecule has 0 saturated carbocycles. The molecule has 1 aliphatic rings. The van der Waals surface area contributed by atoms with Gasteiger partial charge in [0.05, 0.1) is 5.69 Å². The van der Waals surface area contributed by atoms with Crippen LogP contribution in [0.15, 0.2) is 36.4 Å². The van der Waals surface area contributed by atoms with Crippen molar-refractivity contribution >= 4 is 17.4 Å². The average molecular weight is 325 g/mol. The van der Waals surface area contributed by atoms with Crippen LogP contribution >= 0.6 is 0 Å². The van der Waals surface area contributed by atoms with E-state index in [2.05, 4.69) is 19.2 Å². The SMILES string of the molecule is CC(=O)c1cc2c(cc1NC(=O)c1ccc(C(C)C)cc1)OCO2. The molecule has 1 heterocycles. The second kappa shape index (κ2) is 6.35. The third-order valence-corrected chi connectivity index (χ3v) is 3.98. The Balaban J connectivity index is 1.87. The number of hydrogen-bond acceptors (Lipinski definition) is 4. The van der Waals surface area contributed by atoms with Gasteiger partial charge < -0.3 is 14.8 Å². The van der Waals surface area contributed by atoms with E-state index in [1.165, 1.54) is 12.5 Å². The van der Waals surface area contributed by atoms with Crippen LogP contribution in [-0.2, 0) is 0 Å². The molecule has 0 bridgehead atoms. The molecule has 0 radical (unpaired) electrons. The number of nitrogens with one attached hydrogen (secondary N) is 1. The van der Waals surface area contributed by atoms with E-state index in [0.717, 1.165) is 0 Å². The molecule has 0 aliphatic carbocycles. The van der Waals surface area contributed by atoms with Crippen LogP contribution in [-0.4, -0.2) is 18.5 Å². The van der Waals surface area contributed by atoms with Gasteiger partial charge in [0.2, 0.25) is 6.79 Å². The van der Waals surface area contributed by atoms with Gasteiger partial charge in [-0.05, 0) is 36.6 Å². The largest absolute Gasteiger partial charge is 0.454 e. The first kappa shape index (κ1) is 16.1. The molecule has 2 aromatic carbocycles. The third kappa shape index (κ3) is 3.11. The van der Waals surface area contributed by atoms with Crippen LogP contribution in [0.5, 0.6) is 11.5 Å². The summed E-state index contributed by atoms with van der Waals surface area (Å²) in [5.74, 6) is 1.01. The summed E-state index contributed by atoms with van der Waals surface area (Å²) in [6.45, 7) is 5.76. The Hall–Kier alpha value is -2.82. The number of Topliss-reactive ketones (excluding diaryl/α,β-unsaturated/α-hetero) is 1. The zero-order valence-electron chi connectivity index (χ0n) is 13.9. The summed E-state index contributed by atoms with van der Waals surface area (Å²) in [6, 6.07) is 10.7. The molecule has 1 aliphatic heterocycles. The number of benzene rings is 2. The number of rotatable bonds is 4. The highest BCUT2D eigenvalue weighted by atomic mass is 16.7. The molecule has 124 valence electrons. The molecule has 5 nitrogen and oxygen atoms in total. The van der Waals surface area contributed by atoms with E-state index in [-0.39, 0.29) is 18.5 Å². The summed E-state index contributed by atoms with van der Waals surface area (Å²) in [5, 5.41) is 2.79. The smallest absolute Gasteiger partial charge is 0.255 e. The molecule has 0 saturated heterocycles. The van der Waals surface area contributed by atoms with Crippen molar-refractivity contribution < 1.29 is 19.1 Å². The summed E-state index contributed by atoms with van der Waals surface area (Å²) in [4.78, 5) is 24.3. The molecule has 0 aromatic heterocycles. The molecule has 0 atom stereocenters. The van der Waals surface area contributed by atoms with Gasteiger partial charge in [0.15, 0.2) is 17.3 Å². The van der Waals surface area contributed by atoms with Crippen LogP contribution in [0.25, 0.3) is 0 Å². The third-order valence-electron chi connectivity index (χ3n) is 3.98. The minimum absolute atomic E-state index is 0.112. The van der Waals surface area contributed by atoms with Crippen molar-refractivity contribution in [3.8, 4) is 11.5 Å². The van der Waals surface area contributed by atoms with Gasteiger partial charge in [0, 0.05) is 17.2 Å². The fourth-order valence-corrected chi connectivity index (χ4v) is 2.55. The van der Waals surface area contributed by atoms with E-state index in [0.29, 0.717) is 34.2 Å². The lowest BCUT2D eigenvalue weighted by molar-refractivity contribution is 0.101. The predicted octanol–water partition coefficient (Wildman–Crippen LogP) is 3.99. The second-order valence-electron chi connectivity index (χ2n) is 6.04. The molecule has 0 fully saturated rings. The fourth-order valence-electron chi connectivity index (χ4n) is 2.55. The number of carbonyl (C=O) groups is 2. The van der Waals surface area contributed by atoms with E-state index in [9.17, 15) is 9.59 Å². The fraction of sp³-hybridized carbons (Fsp3) is 0.263. The molecule has 2 aromatic rings. The lowest BCUT2D eigenvalue weighted by atomic mass is 10.0. The zero-order valence-corrected chi connectivity index (χ0v) is 13.9. The first-order valence-corrected chi connectivity index (χ1v) is 7.81. The van der Waals surface area contributed by atoms with E-state index < -0.39 is 0 Å². The van der Waals surface area contributed by atoms with Crippen molar-refractivity contribution in [2.45, 2.75) is 26.7 Å². The number of fused-ring (bicyclic) bond motifs is 1. The predicted molar refractivity (Wildman–Crippen MR) is 91.1 cm³/mol. The lowest BCUT2D eigenvalue weighted by Gasteiger charge is -2.11. The standard InChI is InChI=1S/C19H19NO4/c1-11(2)13-4-6-14(7-5-13)19(22)20-16-9-18-17(23-10-24-18)8-15(16)12(3)21/h4-9,11H,10H2,1-3H3,(H,20,22). The summed E-state index contributed by atoms with van der Waals surface area (Å²) in [7, 11) is 0. The van der Waals surface area contributed by atoms with Crippen LogP contribution in [0.4, 0.5) is 5.69 Å². The number of ketones is 1. The van der Waals surface area contributed by atoms with Gasteiger partial charge in [-0.15, -0.1) is 0 Å². The summed E-state index contributed by atoms with van der Waals surface area (Å²) in [6.07, 6.45) is 0. The Morgan fingerprint density at radius 1 is 1.04 bits per heavy atom. The van der Waals surface area contributed by atoms with Crippen LogP contribution in [0.3, 0.4) is 0 Å². The molecule has 3 rings (SSSR count). The molecule has 1 N–H and O–H groups in total. The number of hydrogen-bond donors (Lipinski definition) is 1. The van der Waals surface area contributed by atoms with Gasteiger partial charge in [0.1, 0.15) is 0 Å². The Labute approximate surface area is 140 Å². The first-order chi connectivity index (χ1) is 11.5. The van der Waals surface area contributed by atoms with Crippen LogP contribution in [0, 0.1) is 0 Å². The minimum Gasteiger partial charge on any atom is -0.454 e. The zero-order chi connectivity index (χ0) is 17.3. The van der Waals surface area contributed by atoms with E-state index >= 15 is 0 Å². The molecule has 0 unspecified atom stereocenters. The minimum atomic E-state index is -0.272. The van der Waals surface area contributed by atoms with Crippen LogP contribution in [0.1, 0.15) is 53.0 Å². The van der Waals surface area contributed by atoms with E-state index in [1.807, 2.05) is 12.1 Å². The van der Waals surface area contributed by atoms with Gasteiger partial charge in [-0.3, -0.25) is 9.59 Å². The lowest BCUT2D eigenvalue weighted by Crippen LogP contribution is -2.14. The quantitative estimate of drug-likeness (QED) is 0.863. The van der Waals surface area contributed by atoms with Crippen molar-refractivity contribution in [3.63, 3.8) is 0 Å². The second-order valence-corrected chi connectivity index (χ2v) is 6.04. The van der Waals surface area contributed by atoms with E-state index in [1.54, 1.807) is 24.3 Å². The van der Waals surface area contributed by atoms with E-state index in [4.69, 9.17) is 9.47 Å². The highest BCUT2D eigenvalue weighted by molar-refractivity contribution is 6.09. The number of amides is 1. The van der Waals surface area contributed by atoms with Crippen LogP contribution < -0.4 is 14.8 Å². The normalized spacial score (nSPS) is 12.3. The van der Waals surface area contributed by atoms with Gasteiger partial charge in [-0.2, -0.15) is 0 Å². The van der Waals surface area contributed by atoms with Crippen molar-refractivity contribution in [1.82, 2.24) is 0 Å². The number of ether oxygens (including phenoxy) is 2. The maximum atomic E-state index is 12.5.